The standard InChI is InChI=1S/C12H13F2NO3S/c1-7(12(17)18-2)19-6-11(16)15-8-3-4-9(13)10(14)5-8/h3-5,7H,6H2,1-2H3,(H,15,16). The Morgan fingerprint density at radius 2 is 2.05 bits per heavy atom. The van der Waals surface area contributed by atoms with E-state index in [2.05, 4.69) is 10.1 Å². The van der Waals surface area contributed by atoms with Crippen molar-refractivity contribution in [1.82, 2.24) is 0 Å². The summed E-state index contributed by atoms with van der Waals surface area (Å²) in [6.07, 6.45) is 0. The normalized spacial score (nSPS) is 11.8. The van der Waals surface area contributed by atoms with E-state index in [0.29, 0.717) is 0 Å². The molecule has 104 valence electrons. The highest BCUT2D eigenvalue weighted by molar-refractivity contribution is 8.01. The van der Waals surface area contributed by atoms with Gasteiger partial charge in [0.25, 0.3) is 0 Å². The number of hydrogen-bond acceptors (Lipinski definition) is 4. The summed E-state index contributed by atoms with van der Waals surface area (Å²) in [5.41, 5.74) is 0.162. The van der Waals surface area contributed by atoms with Gasteiger partial charge in [-0.3, -0.25) is 9.59 Å². The van der Waals surface area contributed by atoms with E-state index in [9.17, 15) is 18.4 Å². The Morgan fingerprint density at radius 3 is 2.63 bits per heavy atom. The van der Waals surface area contributed by atoms with Gasteiger partial charge in [-0.1, -0.05) is 0 Å². The lowest BCUT2D eigenvalue weighted by Crippen LogP contribution is -2.20. The Bertz CT molecular complexity index is 482. The summed E-state index contributed by atoms with van der Waals surface area (Å²) >= 11 is 1.09. The van der Waals surface area contributed by atoms with Crippen LogP contribution in [0.2, 0.25) is 0 Å². The van der Waals surface area contributed by atoms with Crippen LogP contribution in [0.5, 0.6) is 0 Å². The average molecular weight is 289 g/mol. The van der Waals surface area contributed by atoms with Gasteiger partial charge in [-0.25, -0.2) is 8.78 Å². The van der Waals surface area contributed by atoms with E-state index >= 15 is 0 Å². The number of benzene rings is 1. The van der Waals surface area contributed by atoms with Crippen molar-refractivity contribution in [2.75, 3.05) is 18.2 Å². The lowest BCUT2D eigenvalue weighted by atomic mass is 10.3. The van der Waals surface area contributed by atoms with Crippen LogP contribution in [0.3, 0.4) is 0 Å². The first-order chi connectivity index (χ1) is 8.93. The molecular weight excluding hydrogens is 276 g/mol. The highest BCUT2D eigenvalue weighted by Gasteiger charge is 2.15. The van der Waals surface area contributed by atoms with E-state index in [4.69, 9.17) is 0 Å². The third-order valence-corrected chi connectivity index (χ3v) is 3.32. The number of anilines is 1. The number of amides is 1. The molecule has 0 aliphatic carbocycles. The van der Waals surface area contributed by atoms with Crippen molar-refractivity contribution >= 4 is 29.3 Å². The fraction of sp³-hybridized carbons (Fsp3) is 0.333. The SMILES string of the molecule is COC(=O)C(C)SCC(=O)Nc1ccc(F)c(F)c1. The van der Waals surface area contributed by atoms with Gasteiger partial charge in [0.2, 0.25) is 5.91 Å². The van der Waals surface area contributed by atoms with Crippen LogP contribution in [0.4, 0.5) is 14.5 Å². The summed E-state index contributed by atoms with van der Waals surface area (Å²) < 4.78 is 30.1. The number of halogens is 2. The van der Waals surface area contributed by atoms with Crippen molar-refractivity contribution < 1.29 is 23.1 Å². The van der Waals surface area contributed by atoms with Gasteiger partial charge in [0, 0.05) is 11.8 Å². The van der Waals surface area contributed by atoms with Gasteiger partial charge >= 0.3 is 5.97 Å². The Hall–Kier alpha value is -1.63. The van der Waals surface area contributed by atoms with Gasteiger partial charge in [0.1, 0.15) is 5.25 Å². The molecule has 4 nitrogen and oxygen atoms in total. The van der Waals surface area contributed by atoms with Crippen molar-refractivity contribution in [3.8, 4) is 0 Å². The minimum Gasteiger partial charge on any atom is -0.468 e. The zero-order valence-corrected chi connectivity index (χ0v) is 11.2. The maximum Gasteiger partial charge on any atom is 0.318 e. The van der Waals surface area contributed by atoms with Crippen molar-refractivity contribution in [1.29, 1.82) is 0 Å². The molecule has 0 spiro atoms. The smallest absolute Gasteiger partial charge is 0.318 e. The molecule has 1 atom stereocenters. The zero-order chi connectivity index (χ0) is 14.4. The molecule has 0 bridgehead atoms. The first-order valence-electron chi connectivity index (χ1n) is 5.38. The van der Waals surface area contributed by atoms with Crippen molar-refractivity contribution in [2.45, 2.75) is 12.2 Å². The first-order valence-corrected chi connectivity index (χ1v) is 6.43. The molecular formula is C12H13F2NO3S. The second-order valence-electron chi connectivity index (χ2n) is 3.65. The summed E-state index contributed by atoms with van der Waals surface area (Å²) in [6.45, 7) is 1.61. The third kappa shape index (κ3) is 4.86. The molecule has 1 aromatic rings. The molecule has 0 saturated heterocycles. The Kier molecular flexibility index (Phi) is 5.75. The van der Waals surface area contributed by atoms with Crippen LogP contribution in [0, 0.1) is 11.6 Å². The predicted octanol–water partition coefficient (Wildman–Crippen LogP) is 2.20. The van der Waals surface area contributed by atoms with Crippen LogP contribution in [0.25, 0.3) is 0 Å². The molecule has 1 aromatic carbocycles. The van der Waals surface area contributed by atoms with E-state index in [-0.39, 0.29) is 11.4 Å². The molecule has 19 heavy (non-hydrogen) atoms. The summed E-state index contributed by atoms with van der Waals surface area (Å²) in [5.74, 6) is -2.84. The molecule has 1 unspecified atom stereocenters. The molecule has 0 heterocycles. The van der Waals surface area contributed by atoms with Crippen LogP contribution >= 0.6 is 11.8 Å². The number of thioether (sulfide) groups is 1. The van der Waals surface area contributed by atoms with Crippen molar-refractivity contribution in [2.24, 2.45) is 0 Å². The number of rotatable bonds is 5. The summed E-state index contributed by atoms with van der Waals surface area (Å²) in [7, 11) is 1.26. The molecule has 7 heteroatoms. The molecule has 0 aromatic heterocycles. The fourth-order valence-corrected chi connectivity index (χ4v) is 1.91. The number of ether oxygens (including phenoxy) is 1. The van der Waals surface area contributed by atoms with Crippen LogP contribution in [0.15, 0.2) is 18.2 Å². The molecule has 1 amide bonds. The van der Waals surface area contributed by atoms with Gasteiger partial charge in [0.15, 0.2) is 11.6 Å². The van der Waals surface area contributed by atoms with Crippen molar-refractivity contribution in [3.05, 3.63) is 29.8 Å². The Labute approximate surface area is 113 Å². The second-order valence-corrected chi connectivity index (χ2v) is 4.98. The largest absolute Gasteiger partial charge is 0.468 e. The highest BCUT2D eigenvalue weighted by Crippen LogP contribution is 2.15. The van der Waals surface area contributed by atoms with E-state index in [1.807, 2.05) is 0 Å². The number of nitrogens with one attached hydrogen (secondary N) is 1. The molecule has 1 rings (SSSR count). The fourth-order valence-electron chi connectivity index (χ4n) is 1.21. The molecule has 0 saturated carbocycles. The monoisotopic (exact) mass is 289 g/mol. The highest BCUT2D eigenvalue weighted by atomic mass is 32.2. The van der Waals surface area contributed by atoms with Gasteiger partial charge in [0.05, 0.1) is 12.9 Å². The van der Waals surface area contributed by atoms with Crippen LogP contribution in [0.1, 0.15) is 6.92 Å². The Balaban J connectivity index is 2.47. The predicted molar refractivity (Wildman–Crippen MR) is 68.9 cm³/mol. The topological polar surface area (TPSA) is 55.4 Å². The number of carbonyl (C=O) groups is 2. The molecule has 0 radical (unpaired) electrons. The summed E-state index contributed by atoms with van der Waals surface area (Å²) in [5, 5.41) is 1.93. The van der Waals surface area contributed by atoms with Gasteiger partial charge in [-0.05, 0) is 19.1 Å². The third-order valence-electron chi connectivity index (χ3n) is 2.20. The minimum atomic E-state index is -1.03. The van der Waals surface area contributed by atoms with E-state index in [0.717, 1.165) is 23.9 Å². The molecule has 0 aliphatic rings. The minimum absolute atomic E-state index is 0.00919. The second kappa shape index (κ2) is 7.08. The van der Waals surface area contributed by atoms with Crippen LogP contribution in [-0.4, -0.2) is 30.0 Å². The van der Waals surface area contributed by atoms with E-state index in [1.165, 1.54) is 13.2 Å². The molecule has 0 aliphatic heterocycles. The number of methoxy groups -OCH3 is 1. The molecule has 0 fully saturated rings. The van der Waals surface area contributed by atoms with Gasteiger partial charge < -0.3 is 10.1 Å². The number of esters is 1. The van der Waals surface area contributed by atoms with E-state index < -0.39 is 28.8 Å². The maximum absolute atomic E-state index is 12.9. The maximum atomic E-state index is 12.9. The summed E-state index contributed by atoms with van der Waals surface area (Å²) in [4.78, 5) is 22.6. The first kappa shape index (κ1) is 15.4. The quantitative estimate of drug-likeness (QED) is 0.844. The zero-order valence-electron chi connectivity index (χ0n) is 10.4. The lowest BCUT2D eigenvalue weighted by Gasteiger charge is -2.09. The van der Waals surface area contributed by atoms with Crippen molar-refractivity contribution in [3.63, 3.8) is 0 Å². The van der Waals surface area contributed by atoms with Gasteiger partial charge in [-0.15, -0.1) is 11.8 Å². The van der Waals surface area contributed by atoms with Crippen LogP contribution < -0.4 is 5.32 Å². The van der Waals surface area contributed by atoms with E-state index in [1.54, 1.807) is 6.92 Å². The van der Waals surface area contributed by atoms with Crippen LogP contribution in [-0.2, 0) is 14.3 Å². The van der Waals surface area contributed by atoms with Gasteiger partial charge in [-0.2, -0.15) is 0 Å². The average Bonchev–Trinajstić information content (AvgIpc) is 2.39. The number of carbonyl (C=O) groups excluding carboxylic acids is 2. The molecule has 1 N–H and O–H groups in total. The summed E-state index contributed by atoms with van der Waals surface area (Å²) in [6, 6.07) is 3.07. The lowest BCUT2D eigenvalue weighted by molar-refractivity contribution is -0.139. The number of hydrogen-bond donors (Lipinski definition) is 1. The Morgan fingerprint density at radius 1 is 1.37 bits per heavy atom.